The number of piperidine rings is 1. The summed E-state index contributed by atoms with van der Waals surface area (Å²) in [5.41, 5.74) is 3.99. The molecular formula is C34H32Cl3FN8. The fourth-order valence-electron chi connectivity index (χ4n) is 5.88. The first-order valence-corrected chi connectivity index (χ1v) is 16.1. The molecular weight excluding hydrogens is 646 g/mol. The molecule has 1 saturated heterocycles. The van der Waals surface area contributed by atoms with Gasteiger partial charge < -0.3 is 10.6 Å². The van der Waals surface area contributed by atoms with E-state index in [1.165, 1.54) is 18.3 Å². The molecule has 0 spiro atoms. The molecule has 8 nitrogen and oxygen atoms in total. The molecule has 1 atom stereocenters. The van der Waals surface area contributed by atoms with E-state index in [0.717, 1.165) is 37.2 Å². The van der Waals surface area contributed by atoms with Crippen LogP contribution in [-0.2, 0) is 0 Å². The van der Waals surface area contributed by atoms with Crippen molar-refractivity contribution in [3.8, 4) is 6.07 Å². The first-order chi connectivity index (χ1) is 22.0. The summed E-state index contributed by atoms with van der Waals surface area (Å²) in [5, 5.41) is 27.6. The molecule has 1 fully saturated rings. The van der Waals surface area contributed by atoms with Crippen molar-refractivity contribution in [1.82, 2.24) is 24.9 Å². The van der Waals surface area contributed by atoms with Crippen LogP contribution >= 0.6 is 34.8 Å². The quantitative estimate of drug-likeness (QED) is 0.177. The molecule has 0 saturated carbocycles. The van der Waals surface area contributed by atoms with Crippen LogP contribution < -0.4 is 10.6 Å². The number of likely N-dealkylation sites (tertiary alicyclic amines) is 1. The lowest BCUT2D eigenvalue weighted by atomic mass is 9.98. The largest absolute Gasteiger partial charge is 0.373 e. The van der Waals surface area contributed by atoms with Gasteiger partial charge in [-0.2, -0.15) is 5.26 Å². The SMILES string of the molecule is CC(C)(C)N1CCC(n2cc(C(Nc3cc(Cl)c4ncc(C#N)c(Nc5cc(F)cc(Cl)c5)c4c3)c3ccc(Cl)cc3)nn2)CC1. The average molecular weight is 678 g/mol. The number of nitrogens with zero attached hydrogens (tertiary/aromatic N) is 6. The molecule has 0 amide bonds. The van der Waals surface area contributed by atoms with Crippen LogP contribution in [0.1, 0.15) is 62.5 Å². The highest BCUT2D eigenvalue weighted by Crippen LogP contribution is 2.37. The molecule has 236 valence electrons. The summed E-state index contributed by atoms with van der Waals surface area (Å²) < 4.78 is 16.1. The highest BCUT2D eigenvalue weighted by molar-refractivity contribution is 6.36. The van der Waals surface area contributed by atoms with Gasteiger partial charge in [0.05, 0.1) is 40.1 Å². The lowest BCUT2D eigenvalue weighted by Gasteiger charge is -2.40. The number of halogens is 4. The van der Waals surface area contributed by atoms with Crippen LogP contribution in [0.4, 0.5) is 21.5 Å². The number of pyridine rings is 1. The Morgan fingerprint density at radius 3 is 2.39 bits per heavy atom. The zero-order chi connectivity index (χ0) is 32.6. The summed E-state index contributed by atoms with van der Waals surface area (Å²) in [6, 6.07) is 17.3. The van der Waals surface area contributed by atoms with Crippen molar-refractivity contribution in [3.63, 3.8) is 0 Å². The minimum absolute atomic E-state index is 0.131. The number of hydrogen-bond donors (Lipinski definition) is 2. The van der Waals surface area contributed by atoms with Crippen LogP contribution in [0.5, 0.6) is 0 Å². The van der Waals surface area contributed by atoms with Gasteiger partial charge in [0, 0.05) is 51.6 Å². The smallest absolute Gasteiger partial charge is 0.126 e. The summed E-state index contributed by atoms with van der Waals surface area (Å²) in [4.78, 5) is 6.95. The molecule has 0 radical (unpaired) electrons. The zero-order valence-electron chi connectivity index (χ0n) is 25.5. The average Bonchev–Trinajstić information content (AvgIpc) is 3.50. The van der Waals surface area contributed by atoms with Gasteiger partial charge in [0.1, 0.15) is 17.6 Å². The van der Waals surface area contributed by atoms with E-state index in [4.69, 9.17) is 34.8 Å². The highest BCUT2D eigenvalue weighted by atomic mass is 35.5. The third kappa shape index (κ3) is 6.91. The third-order valence-electron chi connectivity index (χ3n) is 8.30. The molecule has 3 aromatic carbocycles. The third-order valence-corrected chi connectivity index (χ3v) is 9.06. The summed E-state index contributed by atoms with van der Waals surface area (Å²) >= 11 is 19.1. The van der Waals surface area contributed by atoms with Gasteiger partial charge in [-0.05, 0) is 81.6 Å². The summed E-state index contributed by atoms with van der Waals surface area (Å²) in [7, 11) is 0. The number of benzene rings is 3. The monoisotopic (exact) mass is 676 g/mol. The number of fused-ring (bicyclic) bond motifs is 1. The van der Waals surface area contributed by atoms with E-state index in [0.29, 0.717) is 38.0 Å². The number of hydrogen-bond acceptors (Lipinski definition) is 7. The van der Waals surface area contributed by atoms with Crippen molar-refractivity contribution < 1.29 is 4.39 Å². The van der Waals surface area contributed by atoms with Crippen molar-refractivity contribution >= 4 is 62.8 Å². The number of anilines is 3. The van der Waals surface area contributed by atoms with E-state index < -0.39 is 11.9 Å². The number of nitriles is 1. The van der Waals surface area contributed by atoms with E-state index >= 15 is 0 Å². The molecule has 2 N–H and O–H groups in total. The molecule has 3 heterocycles. The first-order valence-electron chi connectivity index (χ1n) is 14.9. The minimum atomic E-state index is -0.508. The van der Waals surface area contributed by atoms with E-state index in [-0.39, 0.29) is 22.2 Å². The van der Waals surface area contributed by atoms with Gasteiger partial charge in [0.15, 0.2) is 0 Å². The first kappa shape index (κ1) is 32.0. The Morgan fingerprint density at radius 2 is 1.72 bits per heavy atom. The van der Waals surface area contributed by atoms with Crippen LogP contribution in [0.2, 0.25) is 15.1 Å². The molecule has 46 heavy (non-hydrogen) atoms. The normalized spacial score (nSPS) is 15.1. The number of rotatable bonds is 7. The maximum atomic E-state index is 14.2. The van der Waals surface area contributed by atoms with Gasteiger partial charge in [-0.25, -0.2) is 9.07 Å². The van der Waals surface area contributed by atoms with Crippen LogP contribution in [0.3, 0.4) is 0 Å². The van der Waals surface area contributed by atoms with Gasteiger partial charge in [0.25, 0.3) is 0 Å². The van der Waals surface area contributed by atoms with E-state index in [1.54, 1.807) is 12.1 Å². The van der Waals surface area contributed by atoms with Crippen LogP contribution in [-0.4, -0.2) is 43.5 Å². The number of nitrogens with one attached hydrogen (secondary N) is 2. The topological polar surface area (TPSA) is 94.7 Å². The van der Waals surface area contributed by atoms with E-state index in [2.05, 4.69) is 57.7 Å². The molecule has 12 heteroatoms. The Hall–Kier alpha value is -3.94. The molecule has 1 aliphatic heterocycles. The Balaban J connectivity index is 1.36. The van der Waals surface area contributed by atoms with Crippen LogP contribution in [0, 0.1) is 17.1 Å². The van der Waals surface area contributed by atoms with Gasteiger partial charge >= 0.3 is 0 Å². The van der Waals surface area contributed by atoms with Gasteiger partial charge in [-0.3, -0.25) is 9.88 Å². The van der Waals surface area contributed by atoms with E-state index in [1.807, 2.05) is 41.2 Å². The molecule has 0 bridgehead atoms. The lowest BCUT2D eigenvalue weighted by molar-refractivity contribution is 0.0866. The van der Waals surface area contributed by atoms with Crippen molar-refractivity contribution in [2.45, 2.75) is 51.2 Å². The van der Waals surface area contributed by atoms with Crippen LogP contribution in [0.15, 0.2) is 67.0 Å². The minimum Gasteiger partial charge on any atom is -0.373 e. The summed E-state index contributed by atoms with van der Waals surface area (Å²) in [6.45, 7) is 8.73. The molecule has 1 aliphatic rings. The molecule has 0 aliphatic carbocycles. The van der Waals surface area contributed by atoms with Gasteiger partial charge in [-0.15, -0.1) is 5.10 Å². The van der Waals surface area contributed by atoms with Crippen molar-refractivity contribution in [3.05, 3.63) is 105 Å². The predicted molar refractivity (Wildman–Crippen MR) is 183 cm³/mol. The second-order valence-electron chi connectivity index (χ2n) is 12.4. The molecule has 6 rings (SSSR count). The zero-order valence-corrected chi connectivity index (χ0v) is 27.8. The maximum Gasteiger partial charge on any atom is 0.126 e. The van der Waals surface area contributed by atoms with Crippen molar-refractivity contribution in [2.75, 3.05) is 23.7 Å². The highest BCUT2D eigenvalue weighted by Gasteiger charge is 2.29. The van der Waals surface area contributed by atoms with Crippen molar-refractivity contribution in [2.24, 2.45) is 0 Å². The predicted octanol–water partition coefficient (Wildman–Crippen LogP) is 9.18. The standard InChI is InChI=1S/C34H32Cl3FN8/c1-34(2,3)45-10-8-27(9-11-45)46-19-30(43-44-46)32(20-4-6-22(35)7-5-20)42-26-15-28-31(41-25-13-23(36)12-24(38)14-25)21(17-39)18-40-33(28)29(37)16-26/h4-7,12-16,18-19,27,32,42H,8-11H2,1-3H3,(H,40,41). The Morgan fingerprint density at radius 1 is 0.978 bits per heavy atom. The molecule has 5 aromatic rings. The fraction of sp³-hybridized carbons (Fsp3) is 0.294. The Kier molecular flexibility index (Phi) is 9.08. The van der Waals surface area contributed by atoms with Gasteiger partial charge in [0.2, 0.25) is 0 Å². The summed E-state index contributed by atoms with van der Waals surface area (Å²) in [5.74, 6) is -0.508. The maximum absolute atomic E-state index is 14.2. The van der Waals surface area contributed by atoms with Crippen LogP contribution in [0.25, 0.3) is 10.9 Å². The summed E-state index contributed by atoms with van der Waals surface area (Å²) in [6.07, 6.45) is 5.41. The Bertz CT molecular complexity index is 1900. The Labute approximate surface area is 282 Å². The van der Waals surface area contributed by atoms with E-state index in [9.17, 15) is 9.65 Å². The second-order valence-corrected chi connectivity index (χ2v) is 13.7. The number of aromatic nitrogens is 4. The van der Waals surface area contributed by atoms with Crippen molar-refractivity contribution in [1.29, 1.82) is 5.26 Å². The molecule has 2 aromatic heterocycles. The second kappa shape index (κ2) is 13.0. The molecule has 1 unspecified atom stereocenters. The van der Waals surface area contributed by atoms with Gasteiger partial charge in [-0.1, -0.05) is 52.1 Å². The lowest BCUT2D eigenvalue weighted by Crippen LogP contribution is -2.46. The fourth-order valence-corrected chi connectivity index (χ4v) is 6.50.